The second-order valence-corrected chi connectivity index (χ2v) is 3.91. The molecule has 1 saturated carbocycles. The maximum atomic E-state index is 10.4. The van der Waals surface area contributed by atoms with Gasteiger partial charge in [-0.15, -0.1) is 0 Å². The Labute approximate surface area is 84.4 Å². The van der Waals surface area contributed by atoms with Gasteiger partial charge in [-0.05, 0) is 31.6 Å². The van der Waals surface area contributed by atoms with E-state index in [4.69, 9.17) is 15.6 Å². The van der Waals surface area contributed by atoms with Gasteiger partial charge in [-0.1, -0.05) is 0 Å². The summed E-state index contributed by atoms with van der Waals surface area (Å²) < 4.78 is 5.50. The minimum absolute atomic E-state index is 0.261. The topological polar surface area (TPSA) is 72.6 Å². The fourth-order valence-corrected chi connectivity index (χ4v) is 1.81. The van der Waals surface area contributed by atoms with Crippen LogP contribution in [0.5, 0.6) is 0 Å². The third-order valence-corrected chi connectivity index (χ3v) is 2.75. The first-order chi connectivity index (χ1) is 6.72. The summed E-state index contributed by atoms with van der Waals surface area (Å²) in [6, 6.07) is 0. The molecule has 4 nitrogen and oxygen atoms in total. The Morgan fingerprint density at radius 2 is 2.00 bits per heavy atom. The monoisotopic (exact) mass is 201 g/mol. The van der Waals surface area contributed by atoms with Crippen LogP contribution in [-0.4, -0.2) is 30.3 Å². The molecule has 0 aliphatic heterocycles. The molecule has 0 unspecified atom stereocenters. The van der Waals surface area contributed by atoms with Crippen LogP contribution in [0.3, 0.4) is 0 Å². The van der Waals surface area contributed by atoms with Crippen molar-refractivity contribution in [1.82, 2.24) is 0 Å². The predicted molar refractivity (Wildman–Crippen MR) is 52.6 cm³/mol. The fraction of sp³-hybridized carbons (Fsp3) is 0.900. The van der Waals surface area contributed by atoms with Gasteiger partial charge in [0, 0.05) is 13.0 Å². The quantitative estimate of drug-likeness (QED) is 0.677. The molecule has 3 N–H and O–H groups in total. The fourth-order valence-electron chi connectivity index (χ4n) is 1.81. The van der Waals surface area contributed by atoms with Gasteiger partial charge in [0.2, 0.25) is 5.91 Å². The first kappa shape index (κ1) is 11.5. The minimum atomic E-state index is -0.311. The lowest BCUT2D eigenvalue weighted by molar-refractivity contribution is -0.119. The first-order valence-electron chi connectivity index (χ1n) is 5.23. The molecule has 0 spiro atoms. The molecule has 0 heterocycles. The number of hydrogen-bond acceptors (Lipinski definition) is 3. The van der Waals surface area contributed by atoms with Gasteiger partial charge in [0.25, 0.3) is 0 Å². The zero-order valence-corrected chi connectivity index (χ0v) is 8.45. The summed E-state index contributed by atoms with van der Waals surface area (Å²) in [4.78, 5) is 10.4. The van der Waals surface area contributed by atoms with Gasteiger partial charge in [0.15, 0.2) is 0 Å². The number of aliphatic hydroxyl groups is 1. The zero-order chi connectivity index (χ0) is 10.4. The Bertz CT molecular complexity index is 176. The Hall–Kier alpha value is -0.610. The van der Waals surface area contributed by atoms with Gasteiger partial charge in [-0.3, -0.25) is 4.79 Å². The summed E-state index contributed by atoms with van der Waals surface area (Å²) in [6.07, 6.45) is 4.60. The van der Waals surface area contributed by atoms with Crippen molar-refractivity contribution in [2.24, 2.45) is 11.7 Å². The van der Waals surface area contributed by atoms with Gasteiger partial charge in [-0.25, -0.2) is 0 Å². The molecule has 4 heteroatoms. The van der Waals surface area contributed by atoms with Crippen LogP contribution < -0.4 is 5.73 Å². The maximum Gasteiger partial charge on any atom is 0.219 e. The lowest BCUT2D eigenvalue weighted by Crippen LogP contribution is -2.25. The molecule has 1 aliphatic carbocycles. The number of hydrogen-bond donors (Lipinski definition) is 2. The van der Waals surface area contributed by atoms with Crippen molar-refractivity contribution in [3.8, 4) is 0 Å². The number of carbonyl (C=O) groups is 1. The van der Waals surface area contributed by atoms with Gasteiger partial charge in [-0.2, -0.15) is 0 Å². The van der Waals surface area contributed by atoms with Crippen molar-refractivity contribution < 1.29 is 14.6 Å². The molecule has 1 fully saturated rings. The third-order valence-electron chi connectivity index (χ3n) is 2.75. The summed E-state index contributed by atoms with van der Waals surface area (Å²) in [6.45, 7) is 0.720. The number of nitrogens with two attached hydrogens (primary N) is 1. The minimum Gasteiger partial charge on any atom is -0.396 e. The van der Waals surface area contributed by atoms with Crippen LogP contribution in [0.25, 0.3) is 0 Å². The van der Waals surface area contributed by atoms with Crippen LogP contribution in [0.1, 0.15) is 32.1 Å². The summed E-state index contributed by atoms with van der Waals surface area (Å²) in [5.74, 6) is 0.139. The molecule has 82 valence electrons. The number of rotatable bonds is 5. The average molecular weight is 201 g/mol. The predicted octanol–water partition coefficient (Wildman–Crippen LogP) is 0.429. The molecule has 1 aliphatic rings. The van der Waals surface area contributed by atoms with Crippen LogP contribution in [0.4, 0.5) is 0 Å². The highest BCUT2D eigenvalue weighted by Crippen LogP contribution is 2.25. The molecule has 0 aromatic carbocycles. The van der Waals surface area contributed by atoms with Crippen LogP contribution in [0.2, 0.25) is 0 Å². The second-order valence-electron chi connectivity index (χ2n) is 3.91. The Morgan fingerprint density at radius 1 is 1.36 bits per heavy atom. The van der Waals surface area contributed by atoms with E-state index in [1.54, 1.807) is 0 Å². The van der Waals surface area contributed by atoms with Crippen molar-refractivity contribution >= 4 is 5.91 Å². The smallest absolute Gasteiger partial charge is 0.219 e. The van der Waals surface area contributed by atoms with E-state index in [0.717, 1.165) is 25.7 Å². The Morgan fingerprint density at radius 3 is 2.50 bits per heavy atom. The normalized spacial score (nSPS) is 27.5. The van der Waals surface area contributed by atoms with Gasteiger partial charge >= 0.3 is 0 Å². The van der Waals surface area contributed by atoms with Crippen molar-refractivity contribution in [3.63, 3.8) is 0 Å². The number of carbonyl (C=O) groups excluding carboxylic acids is 1. The number of primary amides is 1. The molecular formula is C10H19NO3. The number of ether oxygens (including phenoxy) is 1. The van der Waals surface area contributed by atoms with Crippen LogP contribution >= 0.6 is 0 Å². The molecule has 0 aromatic rings. The summed E-state index contributed by atoms with van der Waals surface area (Å²) >= 11 is 0. The SMILES string of the molecule is NC(=O)CCOC1CCC(CO)CC1. The van der Waals surface area contributed by atoms with Gasteiger partial charge < -0.3 is 15.6 Å². The van der Waals surface area contributed by atoms with Crippen LogP contribution in [0.15, 0.2) is 0 Å². The third kappa shape index (κ3) is 4.07. The van der Waals surface area contributed by atoms with Crippen molar-refractivity contribution in [3.05, 3.63) is 0 Å². The van der Waals surface area contributed by atoms with E-state index in [2.05, 4.69) is 0 Å². The van der Waals surface area contributed by atoms with Crippen molar-refractivity contribution in [2.45, 2.75) is 38.2 Å². The summed E-state index contributed by atoms with van der Waals surface area (Å²) in [7, 11) is 0. The molecular weight excluding hydrogens is 182 g/mol. The van der Waals surface area contributed by atoms with Crippen molar-refractivity contribution in [2.75, 3.05) is 13.2 Å². The van der Waals surface area contributed by atoms with E-state index in [9.17, 15) is 4.79 Å². The Kier molecular flexibility index (Phi) is 4.90. The molecule has 1 amide bonds. The van der Waals surface area contributed by atoms with Gasteiger partial charge in [0.05, 0.1) is 12.7 Å². The van der Waals surface area contributed by atoms with Crippen LogP contribution in [0, 0.1) is 5.92 Å². The molecule has 0 radical (unpaired) electrons. The second kappa shape index (κ2) is 5.98. The van der Waals surface area contributed by atoms with E-state index < -0.39 is 0 Å². The maximum absolute atomic E-state index is 10.4. The summed E-state index contributed by atoms with van der Waals surface area (Å²) in [5, 5.41) is 8.92. The van der Waals surface area contributed by atoms with Crippen molar-refractivity contribution in [1.29, 1.82) is 0 Å². The number of amides is 1. The van der Waals surface area contributed by atoms with Gasteiger partial charge in [0.1, 0.15) is 0 Å². The molecule has 0 aromatic heterocycles. The molecule has 14 heavy (non-hydrogen) atoms. The van der Waals surface area contributed by atoms with E-state index in [1.165, 1.54) is 0 Å². The standard InChI is InChI=1S/C10H19NO3/c11-10(13)5-6-14-9-3-1-8(7-12)2-4-9/h8-9,12H,1-7H2,(H2,11,13). The Balaban J connectivity index is 2.07. The lowest BCUT2D eigenvalue weighted by atomic mass is 9.88. The highest BCUT2D eigenvalue weighted by molar-refractivity contribution is 5.73. The highest BCUT2D eigenvalue weighted by atomic mass is 16.5. The summed E-state index contributed by atoms with van der Waals surface area (Å²) in [5.41, 5.74) is 5.00. The average Bonchev–Trinajstić information content (AvgIpc) is 2.18. The molecule has 0 saturated heterocycles. The molecule has 0 atom stereocenters. The molecule has 0 bridgehead atoms. The highest BCUT2D eigenvalue weighted by Gasteiger charge is 2.20. The van der Waals surface area contributed by atoms with E-state index in [0.29, 0.717) is 18.9 Å². The number of aliphatic hydroxyl groups excluding tert-OH is 1. The molecule has 1 rings (SSSR count). The largest absolute Gasteiger partial charge is 0.396 e. The van der Waals surface area contributed by atoms with E-state index in [-0.39, 0.29) is 18.6 Å². The zero-order valence-electron chi connectivity index (χ0n) is 8.45. The van der Waals surface area contributed by atoms with E-state index >= 15 is 0 Å². The van der Waals surface area contributed by atoms with Crippen LogP contribution in [-0.2, 0) is 9.53 Å². The first-order valence-corrected chi connectivity index (χ1v) is 5.23. The lowest BCUT2D eigenvalue weighted by Gasteiger charge is -2.27. The van der Waals surface area contributed by atoms with E-state index in [1.807, 2.05) is 0 Å².